The van der Waals surface area contributed by atoms with E-state index in [9.17, 15) is 0 Å². The van der Waals surface area contributed by atoms with Gasteiger partial charge in [-0.25, -0.2) is 0 Å². The third-order valence-electron chi connectivity index (χ3n) is 10.4. The van der Waals surface area contributed by atoms with Crippen molar-refractivity contribution >= 4 is 68.9 Å². The highest BCUT2D eigenvalue weighted by molar-refractivity contribution is 7.85. The fourth-order valence-corrected chi connectivity index (χ4v) is 15.9. The van der Waals surface area contributed by atoms with Gasteiger partial charge in [0.15, 0.2) is 15.2 Å². The van der Waals surface area contributed by atoms with Crippen LogP contribution in [0.5, 0.6) is 0 Å². The molecule has 1 aliphatic heterocycles. The highest BCUT2D eigenvalue weighted by Crippen LogP contribution is 2.45. The molecule has 0 atom stereocenters. The number of benzene rings is 8. The highest BCUT2D eigenvalue weighted by atomic mass is 31.2. The minimum atomic E-state index is -3.09. The quantitative estimate of drug-likeness (QED) is 0.124. The third kappa shape index (κ3) is 5.05. The van der Waals surface area contributed by atoms with Crippen LogP contribution < -0.4 is 41.6 Å². The van der Waals surface area contributed by atoms with Crippen LogP contribution in [0.2, 0.25) is 0 Å². The average Bonchev–Trinajstić information content (AvgIpc) is 3.24. The molecule has 0 N–H and O–H groups in total. The lowest BCUT2D eigenvalue weighted by Crippen LogP contribution is -2.77. The first kappa shape index (κ1) is 32.0. The number of hydrogen-bond donors (Lipinski definition) is 0. The topological polar surface area (TPSA) is 20.3 Å². The van der Waals surface area contributed by atoms with Crippen LogP contribution >= 0.6 is 7.14 Å². The van der Waals surface area contributed by atoms with Crippen LogP contribution in [0.3, 0.4) is 0 Å². The zero-order chi connectivity index (χ0) is 35.0. The predicted molar refractivity (Wildman–Crippen MR) is 223 cm³/mol. The Morgan fingerprint density at radius 2 is 0.712 bits per heavy atom. The van der Waals surface area contributed by atoms with E-state index in [0.717, 1.165) is 32.7 Å². The van der Waals surface area contributed by atoms with Gasteiger partial charge >= 0.3 is 0 Å². The van der Waals surface area contributed by atoms with Crippen molar-refractivity contribution in [3.63, 3.8) is 0 Å². The van der Waals surface area contributed by atoms with Gasteiger partial charge in [-0.2, -0.15) is 0 Å². The first-order valence-electron chi connectivity index (χ1n) is 17.7. The predicted octanol–water partition coefficient (Wildman–Crippen LogP) is 8.15. The standard InChI is InChI=1S/C48H36NOPSi/c50-51(38-19-5-1-6-20-38,39-21-7-2-8-22-39)40-35-33-37(34-36-40)43-27-13-14-28-44(43)49-45-29-15-17-31-47(45)52(41-23-9-3-10-24-41,42-25-11-4-12-26-42)48-32-18-16-30-46(48)49/h1-36H. The van der Waals surface area contributed by atoms with Crippen LogP contribution in [0, 0.1) is 0 Å². The molecule has 0 saturated carbocycles. The van der Waals surface area contributed by atoms with Gasteiger partial charge in [-0.1, -0.05) is 200 Å². The van der Waals surface area contributed by atoms with E-state index in [0.29, 0.717) is 0 Å². The maximum absolute atomic E-state index is 15.1. The first-order valence-corrected chi connectivity index (χ1v) is 21.4. The molecule has 0 unspecified atom stereocenters. The van der Waals surface area contributed by atoms with Gasteiger partial charge in [0, 0.05) is 32.9 Å². The second-order valence-electron chi connectivity index (χ2n) is 13.2. The van der Waals surface area contributed by atoms with Gasteiger partial charge in [0.1, 0.15) is 0 Å². The molecule has 1 aliphatic rings. The Hall–Kier alpha value is -5.99. The van der Waals surface area contributed by atoms with Crippen molar-refractivity contribution in [2.24, 2.45) is 0 Å². The summed E-state index contributed by atoms with van der Waals surface area (Å²) < 4.78 is 15.1. The van der Waals surface area contributed by atoms with Crippen LogP contribution in [-0.4, -0.2) is 8.07 Å². The van der Waals surface area contributed by atoms with Crippen LogP contribution in [0.15, 0.2) is 218 Å². The second kappa shape index (κ2) is 13.3. The first-order chi connectivity index (χ1) is 25.7. The van der Waals surface area contributed by atoms with E-state index in [2.05, 4.69) is 163 Å². The van der Waals surface area contributed by atoms with Crippen molar-refractivity contribution in [1.29, 1.82) is 0 Å². The molecule has 8 aromatic rings. The molecule has 1 heterocycles. The zero-order valence-corrected chi connectivity index (χ0v) is 30.5. The number of fused-ring (bicyclic) bond motifs is 2. The second-order valence-corrected chi connectivity index (χ2v) is 19.7. The van der Waals surface area contributed by atoms with Crippen molar-refractivity contribution in [2.45, 2.75) is 0 Å². The lowest BCUT2D eigenvalue weighted by Gasteiger charge is -2.45. The Morgan fingerprint density at radius 3 is 1.19 bits per heavy atom. The summed E-state index contributed by atoms with van der Waals surface area (Å²) >= 11 is 0. The van der Waals surface area contributed by atoms with Crippen molar-refractivity contribution in [3.05, 3.63) is 218 Å². The van der Waals surface area contributed by atoms with Crippen molar-refractivity contribution in [3.8, 4) is 11.1 Å². The van der Waals surface area contributed by atoms with Crippen molar-refractivity contribution in [2.75, 3.05) is 4.90 Å². The molecule has 4 heteroatoms. The number of anilines is 3. The lowest BCUT2D eigenvalue weighted by molar-refractivity contribution is 0.592. The number of para-hydroxylation sites is 3. The Bertz CT molecular complexity index is 2410. The van der Waals surface area contributed by atoms with Crippen LogP contribution in [-0.2, 0) is 4.57 Å². The molecular weight excluding hydrogens is 666 g/mol. The molecule has 0 radical (unpaired) electrons. The van der Waals surface area contributed by atoms with E-state index >= 15 is 4.57 Å². The van der Waals surface area contributed by atoms with Crippen LogP contribution in [0.1, 0.15) is 0 Å². The normalized spacial score (nSPS) is 13.2. The molecule has 9 rings (SSSR count). The van der Waals surface area contributed by atoms with Gasteiger partial charge < -0.3 is 9.46 Å². The van der Waals surface area contributed by atoms with Crippen molar-refractivity contribution in [1.82, 2.24) is 0 Å². The molecule has 0 bridgehead atoms. The minimum absolute atomic E-state index is 0.821. The maximum Gasteiger partial charge on any atom is 0.184 e. The largest absolute Gasteiger partial charge is 0.310 e. The molecule has 0 amide bonds. The van der Waals surface area contributed by atoms with Gasteiger partial charge in [0.2, 0.25) is 0 Å². The molecular formula is C48H36NOPSi. The third-order valence-corrected chi connectivity index (χ3v) is 18.4. The van der Waals surface area contributed by atoms with Crippen molar-refractivity contribution < 1.29 is 4.57 Å². The number of hydrogen-bond acceptors (Lipinski definition) is 2. The summed E-state index contributed by atoms with van der Waals surface area (Å²) in [5, 5.41) is 7.95. The SMILES string of the molecule is O=P(c1ccccc1)(c1ccccc1)c1ccc(-c2ccccc2N2c3ccccc3[Si](c3ccccc3)(c3ccccc3)c3ccccc32)cc1. The van der Waals surface area contributed by atoms with E-state index in [4.69, 9.17) is 0 Å². The smallest absolute Gasteiger partial charge is 0.184 e. The zero-order valence-electron chi connectivity index (χ0n) is 28.6. The summed E-state index contributed by atoms with van der Waals surface area (Å²) in [6.45, 7) is 0. The summed E-state index contributed by atoms with van der Waals surface area (Å²) in [5.74, 6) is 0. The molecule has 248 valence electrons. The van der Waals surface area contributed by atoms with E-state index in [1.807, 2.05) is 60.7 Å². The number of nitrogens with zero attached hydrogens (tertiary/aromatic N) is 1. The average molecular weight is 702 g/mol. The Kier molecular flexibility index (Phi) is 8.16. The molecule has 0 fully saturated rings. The fraction of sp³-hybridized carbons (Fsp3) is 0. The molecule has 2 nitrogen and oxygen atoms in total. The monoisotopic (exact) mass is 701 g/mol. The summed E-state index contributed by atoms with van der Waals surface area (Å²) in [5.41, 5.74) is 5.68. The van der Waals surface area contributed by atoms with Crippen LogP contribution in [0.25, 0.3) is 11.1 Å². The summed E-state index contributed by atoms with van der Waals surface area (Å²) in [6.07, 6.45) is 0. The number of rotatable bonds is 7. The van der Waals surface area contributed by atoms with Gasteiger partial charge in [-0.15, -0.1) is 0 Å². The van der Waals surface area contributed by atoms with Gasteiger partial charge in [0.25, 0.3) is 0 Å². The Morgan fingerprint density at radius 1 is 0.346 bits per heavy atom. The lowest BCUT2D eigenvalue weighted by atomic mass is 10.0. The molecule has 0 aromatic heterocycles. The van der Waals surface area contributed by atoms with Gasteiger partial charge in [-0.3, -0.25) is 0 Å². The van der Waals surface area contributed by atoms with Gasteiger partial charge in [0.05, 0.1) is 5.69 Å². The maximum atomic E-state index is 15.1. The Labute approximate surface area is 306 Å². The molecule has 0 aliphatic carbocycles. The summed E-state index contributed by atoms with van der Waals surface area (Å²) in [6, 6.07) is 77.1. The minimum Gasteiger partial charge on any atom is -0.310 e. The fourth-order valence-electron chi connectivity index (χ4n) is 8.16. The van der Waals surface area contributed by atoms with E-state index < -0.39 is 15.2 Å². The molecule has 0 spiro atoms. The highest BCUT2D eigenvalue weighted by Gasteiger charge is 2.48. The molecule has 52 heavy (non-hydrogen) atoms. The van der Waals surface area contributed by atoms with E-state index in [1.165, 1.54) is 32.1 Å². The van der Waals surface area contributed by atoms with E-state index in [-0.39, 0.29) is 0 Å². The summed E-state index contributed by atoms with van der Waals surface area (Å²) in [7, 11) is -5.81. The Balaban J connectivity index is 1.23. The van der Waals surface area contributed by atoms with E-state index in [1.54, 1.807) is 0 Å². The van der Waals surface area contributed by atoms with Gasteiger partial charge in [-0.05, 0) is 44.5 Å². The summed E-state index contributed by atoms with van der Waals surface area (Å²) in [4.78, 5) is 2.46. The van der Waals surface area contributed by atoms with Crippen LogP contribution in [0.4, 0.5) is 17.1 Å². The molecule has 8 aromatic carbocycles. The molecule has 0 saturated heterocycles.